The van der Waals surface area contributed by atoms with Crippen molar-refractivity contribution < 1.29 is 18.0 Å². The molecule has 37 heavy (non-hydrogen) atoms. The van der Waals surface area contributed by atoms with Crippen LogP contribution in [0.1, 0.15) is 11.1 Å². The summed E-state index contributed by atoms with van der Waals surface area (Å²) in [6.07, 6.45) is 1.22. The first-order valence-electron chi connectivity index (χ1n) is 11.2. The van der Waals surface area contributed by atoms with Crippen molar-refractivity contribution in [2.75, 3.05) is 24.2 Å². The van der Waals surface area contributed by atoms with Crippen molar-refractivity contribution >= 4 is 62.3 Å². The van der Waals surface area contributed by atoms with E-state index in [1.165, 1.54) is 30.1 Å². The maximum atomic E-state index is 13.8. The summed E-state index contributed by atoms with van der Waals surface area (Å²) in [4.78, 5) is 28.2. The highest BCUT2D eigenvalue weighted by molar-refractivity contribution is 7.92. The normalized spacial score (nSPS) is 12.0. The molecule has 3 aromatic carbocycles. The predicted octanol–water partition coefficient (Wildman–Crippen LogP) is 4.80. The number of sulfonamides is 1. The molecule has 0 aliphatic carbocycles. The van der Waals surface area contributed by atoms with Gasteiger partial charge in [0.15, 0.2) is 0 Å². The second-order valence-electron chi connectivity index (χ2n) is 8.34. The molecule has 0 saturated carbocycles. The number of carbonyl (C=O) groups is 2. The van der Waals surface area contributed by atoms with E-state index in [9.17, 15) is 18.0 Å². The van der Waals surface area contributed by atoms with Crippen LogP contribution in [-0.2, 0) is 32.6 Å². The Morgan fingerprint density at radius 1 is 0.892 bits per heavy atom. The number of rotatable bonds is 10. The number of halogens is 3. The van der Waals surface area contributed by atoms with Gasteiger partial charge in [0.1, 0.15) is 12.6 Å². The molecule has 0 bridgehead atoms. The number of amides is 2. The van der Waals surface area contributed by atoms with Crippen molar-refractivity contribution in [3.63, 3.8) is 0 Å². The first-order chi connectivity index (χ1) is 17.5. The number of anilines is 1. The molecule has 0 radical (unpaired) electrons. The second kappa shape index (κ2) is 12.6. The molecule has 1 atom stereocenters. The summed E-state index contributed by atoms with van der Waals surface area (Å²) >= 11 is 18.1. The Hall–Kier alpha value is -2.78. The number of hydrogen-bond donors (Lipinski definition) is 1. The molecule has 0 aromatic heterocycles. The number of hydrogen-bond acceptors (Lipinski definition) is 4. The summed E-state index contributed by atoms with van der Waals surface area (Å²) < 4.78 is 26.4. The molecule has 0 aliphatic heterocycles. The van der Waals surface area contributed by atoms with E-state index in [-0.39, 0.29) is 34.6 Å². The Morgan fingerprint density at radius 3 is 2.11 bits per heavy atom. The highest BCUT2D eigenvalue weighted by atomic mass is 35.5. The van der Waals surface area contributed by atoms with Gasteiger partial charge in [-0.15, -0.1) is 0 Å². The van der Waals surface area contributed by atoms with Crippen LogP contribution < -0.4 is 9.62 Å². The zero-order valence-corrected chi connectivity index (χ0v) is 23.3. The molecule has 196 valence electrons. The van der Waals surface area contributed by atoms with Gasteiger partial charge in [-0.25, -0.2) is 8.42 Å². The van der Waals surface area contributed by atoms with E-state index >= 15 is 0 Å². The fourth-order valence-corrected chi connectivity index (χ4v) is 5.02. The van der Waals surface area contributed by atoms with Gasteiger partial charge in [-0.3, -0.25) is 13.9 Å². The predicted molar refractivity (Wildman–Crippen MR) is 149 cm³/mol. The SMILES string of the molecule is CNC(=O)[C@@H](Cc1ccccc1)N(Cc1ccc(Cl)cc1)C(=O)CN(c1ccc(Cl)c(Cl)c1)S(C)(=O)=O. The molecule has 1 N–H and O–H groups in total. The lowest BCUT2D eigenvalue weighted by Crippen LogP contribution is -2.52. The summed E-state index contributed by atoms with van der Waals surface area (Å²) in [7, 11) is -2.41. The van der Waals surface area contributed by atoms with E-state index in [0.29, 0.717) is 5.02 Å². The lowest BCUT2D eigenvalue weighted by atomic mass is 10.0. The molecular weight excluding hydrogens is 557 g/mol. The molecule has 3 aromatic rings. The summed E-state index contributed by atoms with van der Waals surface area (Å²) in [5, 5.41) is 3.54. The van der Waals surface area contributed by atoms with Gasteiger partial charge in [-0.2, -0.15) is 0 Å². The van der Waals surface area contributed by atoms with Crippen LogP contribution in [0.3, 0.4) is 0 Å². The largest absolute Gasteiger partial charge is 0.357 e. The Bertz CT molecular complexity index is 1350. The number of likely N-dealkylation sites (N-methyl/N-ethyl adjacent to an activating group) is 1. The minimum absolute atomic E-state index is 0.0555. The lowest BCUT2D eigenvalue weighted by molar-refractivity contribution is -0.139. The average molecular weight is 583 g/mol. The zero-order valence-electron chi connectivity index (χ0n) is 20.2. The fraction of sp³-hybridized carbons (Fsp3) is 0.231. The maximum Gasteiger partial charge on any atom is 0.244 e. The average Bonchev–Trinajstić information content (AvgIpc) is 2.87. The van der Waals surface area contributed by atoms with Crippen LogP contribution in [0, 0.1) is 0 Å². The third kappa shape index (κ3) is 7.85. The number of nitrogens with one attached hydrogen (secondary N) is 1. The van der Waals surface area contributed by atoms with Gasteiger partial charge < -0.3 is 10.2 Å². The lowest BCUT2D eigenvalue weighted by Gasteiger charge is -2.33. The van der Waals surface area contributed by atoms with Crippen LogP contribution in [0.4, 0.5) is 5.69 Å². The molecular formula is C26H26Cl3N3O4S. The van der Waals surface area contributed by atoms with E-state index in [2.05, 4.69) is 5.32 Å². The van der Waals surface area contributed by atoms with Gasteiger partial charge in [0.05, 0.1) is 22.0 Å². The molecule has 2 amide bonds. The highest BCUT2D eigenvalue weighted by Gasteiger charge is 2.32. The summed E-state index contributed by atoms with van der Waals surface area (Å²) in [5.41, 5.74) is 1.74. The van der Waals surface area contributed by atoms with Gasteiger partial charge >= 0.3 is 0 Å². The van der Waals surface area contributed by atoms with Gasteiger partial charge in [-0.1, -0.05) is 77.3 Å². The number of nitrogens with zero attached hydrogens (tertiary/aromatic N) is 2. The molecule has 0 unspecified atom stereocenters. The van der Waals surface area contributed by atoms with E-state index in [4.69, 9.17) is 34.8 Å². The second-order valence-corrected chi connectivity index (χ2v) is 11.5. The van der Waals surface area contributed by atoms with E-state index in [1.54, 1.807) is 24.3 Å². The third-order valence-corrected chi connectivity index (χ3v) is 7.79. The molecule has 7 nitrogen and oxygen atoms in total. The van der Waals surface area contributed by atoms with Gasteiger partial charge in [0, 0.05) is 25.0 Å². The minimum Gasteiger partial charge on any atom is -0.357 e. The monoisotopic (exact) mass is 581 g/mol. The van der Waals surface area contributed by atoms with Crippen LogP contribution in [0.2, 0.25) is 15.1 Å². The summed E-state index contributed by atoms with van der Waals surface area (Å²) in [5.74, 6) is -0.956. The summed E-state index contributed by atoms with van der Waals surface area (Å²) in [6, 6.07) is 19.5. The minimum atomic E-state index is -3.90. The molecule has 0 spiro atoms. The molecule has 3 rings (SSSR count). The van der Waals surface area contributed by atoms with Crippen LogP contribution in [0.15, 0.2) is 72.8 Å². The third-order valence-electron chi connectivity index (χ3n) is 5.65. The van der Waals surface area contributed by atoms with Gasteiger partial charge in [0.2, 0.25) is 21.8 Å². The van der Waals surface area contributed by atoms with E-state index in [0.717, 1.165) is 21.7 Å². The van der Waals surface area contributed by atoms with Crippen LogP contribution >= 0.6 is 34.8 Å². The Morgan fingerprint density at radius 2 is 1.54 bits per heavy atom. The quantitative estimate of drug-likeness (QED) is 0.372. The Kier molecular flexibility index (Phi) is 9.84. The molecule has 0 aliphatic rings. The van der Waals surface area contributed by atoms with Crippen LogP contribution in [0.25, 0.3) is 0 Å². The fourth-order valence-electron chi connectivity index (χ4n) is 3.76. The summed E-state index contributed by atoms with van der Waals surface area (Å²) in [6.45, 7) is -0.493. The molecule has 0 heterocycles. The molecule has 0 fully saturated rings. The zero-order chi connectivity index (χ0) is 27.2. The van der Waals surface area contributed by atoms with Crippen LogP contribution in [0.5, 0.6) is 0 Å². The standard InChI is InChI=1S/C26H26Cl3N3O4S/c1-30-26(34)24(14-18-6-4-3-5-7-18)31(16-19-8-10-20(27)11-9-19)25(33)17-32(37(2,35)36)21-12-13-22(28)23(29)15-21/h3-13,15,24H,14,16-17H2,1-2H3,(H,30,34)/t24-/m1/s1. The highest BCUT2D eigenvalue weighted by Crippen LogP contribution is 2.29. The van der Waals surface area contributed by atoms with Crippen molar-refractivity contribution in [2.45, 2.75) is 19.0 Å². The molecule has 0 saturated heterocycles. The van der Waals surface area contributed by atoms with Gasteiger partial charge in [0.25, 0.3) is 0 Å². The topological polar surface area (TPSA) is 86.8 Å². The van der Waals surface area contributed by atoms with Crippen molar-refractivity contribution in [3.05, 3.63) is 99.0 Å². The van der Waals surface area contributed by atoms with E-state index < -0.39 is 28.5 Å². The van der Waals surface area contributed by atoms with Crippen molar-refractivity contribution in [3.8, 4) is 0 Å². The Labute approximate surface area is 232 Å². The van der Waals surface area contributed by atoms with Crippen molar-refractivity contribution in [2.24, 2.45) is 0 Å². The molecule has 11 heteroatoms. The number of benzene rings is 3. The van der Waals surface area contributed by atoms with Gasteiger partial charge in [-0.05, 0) is 41.5 Å². The van der Waals surface area contributed by atoms with Crippen molar-refractivity contribution in [1.82, 2.24) is 10.2 Å². The van der Waals surface area contributed by atoms with Crippen LogP contribution in [-0.4, -0.2) is 51.0 Å². The first kappa shape index (κ1) is 28.8. The van der Waals surface area contributed by atoms with Crippen molar-refractivity contribution in [1.29, 1.82) is 0 Å². The first-order valence-corrected chi connectivity index (χ1v) is 14.2. The number of carbonyl (C=O) groups excluding carboxylic acids is 2. The Balaban J connectivity index is 2.03. The maximum absolute atomic E-state index is 13.8. The smallest absolute Gasteiger partial charge is 0.244 e. The van der Waals surface area contributed by atoms with E-state index in [1.807, 2.05) is 30.3 Å².